The Hall–Kier alpha value is -0.0800. The quantitative estimate of drug-likeness (QED) is 0.529. The van der Waals surface area contributed by atoms with Crippen molar-refractivity contribution in [1.29, 1.82) is 0 Å². The van der Waals surface area contributed by atoms with Crippen molar-refractivity contribution in [1.82, 2.24) is 0 Å². The molecule has 0 aliphatic heterocycles. The second-order valence-corrected chi connectivity index (χ2v) is 2.98. The van der Waals surface area contributed by atoms with Crippen molar-refractivity contribution in [2.45, 2.75) is 32.7 Å². The van der Waals surface area contributed by atoms with Crippen LogP contribution < -0.4 is 5.06 Å². The molecule has 9 heavy (non-hydrogen) atoms. The van der Waals surface area contributed by atoms with Crippen molar-refractivity contribution in [3.8, 4) is 0 Å². The SMILES string of the molecule is CC[NH+]([O-])C1CCC1C. The van der Waals surface area contributed by atoms with E-state index in [4.69, 9.17) is 0 Å². The molecule has 0 radical (unpaired) electrons. The van der Waals surface area contributed by atoms with Gasteiger partial charge in [0, 0.05) is 12.3 Å². The zero-order valence-electron chi connectivity index (χ0n) is 6.18. The summed E-state index contributed by atoms with van der Waals surface area (Å²) in [6.07, 6.45) is 2.41. The van der Waals surface area contributed by atoms with Crippen molar-refractivity contribution in [3.05, 3.63) is 5.21 Å². The van der Waals surface area contributed by atoms with Crippen molar-refractivity contribution >= 4 is 0 Å². The summed E-state index contributed by atoms with van der Waals surface area (Å²) >= 11 is 0. The molecule has 3 atom stereocenters. The first-order valence-electron chi connectivity index (χ1n) is 3.78. The summed E-state index contributed by atoms with van der Waals surface area (Å²) in [6, 6.07) is 0.426. The first-order chi connectivity index (χ1) is 4.25. The molecule has 1 saturated carbocycles. The third-order valence-corrected chi connectivity index (χ3v) is 2.38. The molecular formula is C7H15NO. The van der Waals surface area contributed by atoms with Crippen LogP contribution in [0.1, 0.15) is 26.7 Å². The van der Waals surface area contributed by atoms with Crippen LogP contribution in [-0.4, -0.2) is 12.6 Å². The molecule has 0 spiro atoms. The topological polar surface area (TPSA) is 27.5 Å². The Morgan fingerprint density at radius 3 is 2.33 bits per heavy atom. The molecule has 1 aliphatic rings. The lowest BCUT2D eigenvalue weighted by Gasteiger charge is -2.41. The van der Waals surface area contributed by atoms with E-state index >= 15 is 0 Å². The maximum Gasteiger partial charge on any atom is 0.0897 e. The first-order valence-corrected chi connectivity index (χ1v) is 3.78. The van der Waals surface area contributed by atoms with Gasteiger partial charge in [-0.2, -0.15) is 0 Å². The van der Waals surface area contributed by atoms with Crippen LogP contribution in [0.15, 0.2) is 0 Å². The van der Waals surface area contributed by atoms with Gasteiger partial charge in [-0.3, -0.25) is 0 Å². The molecule has 0 heterocycles. The van der Waals surface area contributed by atoms with Gasteiger partial charge < -0.3 is 10.3 Å². The number of nitrogens with one attached hydrogen (secondary N) is 1. The zero-order valence-corrected chi connectivity index (χ0v) is 6.18. The minimum absolute atomic E-state index is 0.426. The smallest absolute Gasteiger partial charge is 0.0897 e. The van der Waals surface area contributed by atoms with Crippen molar-refractivity contribution in [3.63, 3.8) is 0 Å². The maximum atomic E-state index is 11.0. The Bertz CT molecular complexity index is 94.9. The van der Waals surface area contributed by atoms with Crippen LogP contribution >= 0.6 is 0 Å². The summed E-state index contributed by atoms with van der Waals surface area (Å²) in [5.41, 5.74) is 0. The molecule has 2 heteroatoms. The van der Waals surface area contributed by atoms with Gasteiger partial charge in [0.05, 0.1) is 12.6 Å². The monoisotopic (exact) mass is 129 g/mol. The summed E-state index contributed by atoms with van der Waals surface area (Å²) < 4.78 is 0. The van der Waals surface area contributed by atoms with Crippen molar-refractivity contribution in [2.24, 2.45) is 5.92 Å². The van der Waals surface area contributed by atoms with Gasteiger partial charge in [-0.1, -0.05) is 6.92 Å². The molecule has 2 nitrogen and oxygen atoms in total. The Labute approximate surface area is 56.4 Å². The molecule has 54 valence electrons. The molecule has 1 rings (SSSR count). The van der Waals surface area contributed by atoms with E-state index in [1.807, 2.05) is 6.92 Å². The van der Waals surface area contributed by atoms with E-state index in [0.29, 0.717) is 17.0 Å². The second kappa shape index (κ2) is 2.67. The van der Waals surface area contributed by atoms with Crippen LogP contribution in [0.4, 0.5) is 0 Å². The molecule has 0 saturated heterocycles. The lowest BCUT2D eigenvalue weighted by atomic mass is 9.81. The average Bonchev–Trinajstić information content (AvgIpc) is 1.84. The van der Waals surface area contributed by atoms with Crippen LogP contribution in [-0.2, 0) is 0 Å². The highest BCUT2D eigenvalue weighted by Gasteiger charge is 2.31. The normalized spacial score (nSPS) is 37.7. The number of rotatable bonds is 2. The Kier molecular flexibility index (Phi) is 2.09. The van der Waals surface area contributed by atoms with Gasteiger partial charge in [0.15, 0.2) is 0 Å². The second-order valence-electron chi connectivity index (χ2n) is 2.98. The van der Waals surface area contributed by atoms with E-state index in [0.717, 1.165) is 13.0 Å². The molecular weight excluding hydrogens is 114 g/mol. The lowest BCUT2D eigenvalue weighted by molar-refractivity contribution is -0.885. The molecule has 0 bridgehead atoms. The predicted octanol–water partition coefficient (Wildman–Crippen LogP) is 0.188. The minimum Gasteiger partial charge on any atom is -0.634 e. The third kappa shape index (κ3) is 1.25. The fraction of sp³-hybridized carbons (Fsp3) is 1.00. The van der Waals surface area contributed by atoms with Crippen molar-refractivity contribution < 1.29 is 5.06 Å². The Morgan fingerprint density at radius 1 is 1.56 bits per heavy atom. The highest BCUT2D eigenvalue weighted by atomic mass is 16.5. The fourth-order valence-corrected chi connectivity index (χ4v) is 1.41. The summed E-state index contributed by atoms with van der Waals surface area (Å²) in [4.78, 5) is 0. The Balaban J connectivity index is 2.25. The van der Waals surface area contributed by atoms with Crippen LogP contribution in [0.3, 0.4) is 0 Å². The van der Waals surface area contributed by atoms with E-state index in [2.05, 4.69) is 6.92 Å². The summed E-state index contributed by atoms with van der Waals surface area (Å²) in [5, 5.41) is 11.5. The van der Waals surface area contributed by atoms with Gasteiger partial charge in [-0.25, -0.2) is 0 Å². The van der Waals surface area contributed by atoms with E-state index in [9.17, 15) is 5.21 Å². The van der Waals surface area contributed by atoms with Crippen molar-refractivity contribution in [2.75, 3.05) is 6.54 Å². The molecule has 1 N–H and O–H groups in total. The lowest BCUT2D eigenvalue weighted by Crippen LogP contribution is -3.13. The minimum atomic E-state index is 0.426. The summed E-state index contributed by atoms with van der Waals surface area (Å²) in [7, 11) is 0. The molecule has 0 amide bonds. The zero-order chi connectivity index (χ0) is 6.85. The fourth-order valence-electron chi connectivity index (χ4n) is 1.41. The van der Waals surface area contributed by atoms with E-state index in [1.165, 1.54) is 6.42 Å². The largest absolute Gasteiger partial charge is 0.634 e. The molecule has 1 aliphatic carbocycles. The number of quaternary nitrogens is 1. The van der Waals surface area contributed by atoms with E-state index < -0.39 is 0 Å². The number of hydrogen-bond acceptors (Lipinski definition) is 1. The number of hydroxylamine groups is 2. The number of hydrogen-bond donors (Lipinski definition) is 1. The highest BCUT2D eigenvalue weighted by Crippen LogP contribution is 2.23. The maximum absolute atomic E-state index is 11.0. The predicted molar refractivity (Wildman–Crippen MR) is 37.1 cm³/mol. The van der Waals surface area contributed by atoms with E-state index in [-0.39, 0.29) is 0 Å². The van der Waals surface area contributed by atoms with E-state index in [1.54, 1.807) is 0 Å². The average molecular weight is 129 g/mol. The van der Waals surface area contributed by atoms with Crippen LogP contribution in [0.2, 0.25) is 0 Å². The van der Waals surface area contributed by atoms with Gasteiger partial charge in [0.25, 0.3) is 0 Å². The molecule has 0 aromatic heterocycles. The van der Waals surface area contributed by atoms with Gasteiger partial charge in [0.2, 0.25) is 0 Å². The first kappa shape index (κ1) is 7.03. The molecule has 0 aromatic carbocycles. The third-order valence-electron chi connectivity index (χ3n) is 2.38. The summed E-state index contributed by atoms with van der Waals surface area (Å²) in [5.74, 6) is 0.678. The summed E-state index contributed by atoms with van der Waals surface area (Å²) in [6.45, 7) is 4.85. The van der Waals surface area contributed by atoms with Crippen LogP contribution in [0, 0.1) is 11.1 Å². The van der Waals surface area contributed by atoms with Gasteiger partial charge in [0.1, 0.15) is 0 Å². The van der Waals surface area contributed by atoms with Gasteiger partial charge in [-0.15, -0.1) is 0 Å². The molecule has 0 aromatic rings. The van der Waals surface area contributed by atoms with Crippen LogP contribution in [0.25, 0.3) is 0 Å². The van der Waals surface area contributed by atoms with Gasteiger partial charge >= 0.3 is 0 Å². The Morgan fingerprint density at radius 2 is 2.22 bits per heavy atom. The van der Waals surface area contributed by atoms with Gasteiger partial charge in [-0.05, 0) is 13.3 Å². The molecule has 3 unspecified atom stereocenters. The standard InChI is InChI=1S/C7H15NO/c1-3-8(9)7-5-4-6(7)2/h6-8H,3-5H2,1-2H3. The highest BCUT2D eigenvalue weighted by molar-refractivity contribution is 4.76. The molecule has 1 fully saturated rings. The van der Waals surface area contributed by atoms with Crippen LogP contribution in [0.5, 0.6) is 0 Å².